The lowest BCUT2D eigenvalue weighted by Gasteiger charge is -2.08. The van der Waals surface area contributed by atoms with Crippen LogP contribution in [0.2, 0.25) is 0 Å². The Morgan fingerprint density at radius 2 is 1.93 bits per heavy atom. The molecule has 1 amide bonds. The van der Waals surface area contributed by atoms with Crippen LogP contribution in [0, 0.1) is 0 Å². The molecule has 0 saturated carbocycles. The molecule has 0 aliphatic heterocycles. The highest BCUT2D eigenvalue weighted by Gasteiger charge is 2.16. The number of esters is 1. The second-order valence-electron chi connectivity index (χ2n) is 6.53. The van der Waals surface area contributed by atoms with Gasteiger partial charge in [0.2, 0.25) is 0 Å². The lowest BCUT2D eigenvalue weighted by molar-refractivity contribution is 0.0600. The number of aryl methyl sites for hydroxylation is 1. The zero-order valence-electron chi connectivity index (χ0n) is 16.5. The van der Waals surface area contributed by atoms with Gasteiger partial charge in [-0.05, 0) is 42.8 Å². The minimum absolute atomic E-state index is 0.260. The van der Waals surface area contributed by atoms with Crippen molar-refractivity contribution < 1.29 is 14.3 Å². The molecule has 0 radical (unpaired) electrons. The van der Waals surface area contributed by atoms with Gasteiger partial charge in [0.25, 0.3) is 5.91 Å². The van der Waals surface area contributed by atoms with Crippen molar-refractivity contribution in [2.75, 3.05) is 12.4 Å². The Labute approximate surface area is 172 Å². The molecule has 0 atom stereocenters. The minimum Gasteiger partial charge on any atom is -0.465 e. The fourth-order valence-corrected chi connectivity index (χ4v) is 3.08. The molecule has 3 aromatic heterocycles. The molecular formula is C22H19N5O3. The molecule has 8 heteroatoms. The molecule has 4 aromatic rings. The van der Waals surface area contributed by atoms with E-state index in [1.54, 1.807) is 47.1 Å². The molecule has 0 aliphatic rings. The van der Waals surface area contributed by atoms with Gasteiger partial charge >= 0.3 is 5.97 Å². The first kappa shape index (κ1) is 19.3. The van der Waals surface area contributed by atoms with E-state index in [1.807, 2.05) is 25.1 Å². The SMILES string of the molecule is CCc1cc(C(=O)Nc2cccc(C(=O)OC)c2)nc2cc(-c3ccccn3)nn12. The fourth-order valence-electron chi connectivity index (χ4n) is 3.08. The number of aromatic nitrogens is 4. The molecule has 8 nitrogen and oxygen atoms in total. The Kier molecular flexibility index (Phi) is 5.21. The summed E-state index contributed by atoms with van der Waals surface area (Å²) in [5.74, 6) is -0.852. The smallest absolute Gasteiger partial charge is 0.337 e. The topological polar surface area (TPSA) is 98.5 Å². The predicted octanol–water partition coefficient (Wildman–Crippen LogP) is 3.39. The number of pyridine rings is 1. The van der Waals surface area contributed by atoms with E-state index >= 15 is 0 Å². The summed E-state index contributed by atoms with van der Waals surface area (Å²) >= 11 is 0. The Balaban J connectivity index is 1.67. The van der Waals surface area contributed by atoms with E-state index in [2.05, 4.69) is 20.4 Å². The largest absolute Gasteiger partial charge is 0.465 e. The van der Waals surface area contributed by atoms with E-state index in [9.17, 15) is 9.59 Å². The molecule has 0 unspecified atom stereocenters. The van der Waals surface area contributed by atoms with Crippen LogP contribution in [-0.4, -0.2) is 38.6 Å². The second-order valence-corrected chi connectivity index (χ2v) is 6.53. The van der Waals surface area contributed by atoms with Crippen LogP contribution in [-0.2, 0) is 11.2 Å². The van der Waals surface area contributed by atoms with Crippen molar-refractivity contribution in [1.82, 2.24) is 19.6 Å². The summed E-state index contributed by atoms with van der Waals surface area (Å²) in [6, 6.07) is 15.7. The Morgan fingerprint density at radius 3 is 2.67 bits per heavy atom. The summed E-state index contributed by atoms with van der Waals surface area (Å²) in [6.45, 7) is 1.98. The van der Waals surface area contributed by atoms with E-state index in [1.165, 1.54) is 7.11 Å². The predicted molar refractivity (Wildman–Crippen MR) is 111 cm³/mol. The number of carbonyl (C=O) groups is 2. The monoisotopic (exact) mass is 401 g/mol. The molecule has 1 N–H and O–H groups in total. The van der Waals surface area contributed by atoms with Crippen LogP contribution in [0.5, 0.6) is 0 Å². The van der Waals surface area contributed by atoms with Crippen LogP contribution in [0.3, 0.4) is 0 Å². The van der Waals surface area contributed by atoms with Gasteiger partial charge in [0.15, 0.2) is 5.65 Å². The molecule has 0 spiro atoms. The van der Waals surface area contributed by atoms with Crippen molar-refractivity contribution in [3.63, 3.8) is 0 Å². The van der Waals surface area contributed by atoms with Gasteiger partial charge in [-0.25, -0.2) is 14.3 Å². The highest BCUT2D eigenvalue weighted by Crippen LogP contribution is 2.19. The van der Waals surface area contributed by atoms with Crippen LogP contribution in [0.25, 0.3) is 17.0 Å². The highest BCUT2D eigenvalue weighted by molar-refractivity contribution is 6.04. The third kappa shape index (κ3) is 3.75. The second kappa shape index (κ2) is 8.12. The molecule has 0 bridgehead atoms. The highest BCUT2D eigenvalue weighted by atomic mass is 16.5. The minimum atomic E-state index is -0.472. The van der Waals surface area contributed by atoms with Gasteiger partial charge in [-0.2, -0.15) is 5.10 Å². The lowest BCUT2D eigenvalue weighted by atomic mass is 10.2. The molecule has 1 aromatic carbocycles. The van der Waals surface area contributed by atoms with Gasteiger partial charge in [0.05, 0.1) is 18.4 Å². The lowest BCUT2D eigenvalue weighted by Crippen LogP contribution is -2.16. The van der Waals surface area contributed by atoms with Gasteiger partial charge in [-0.15, -0.1) is 0 Å². The third-order valence-corrected chi connectivity index (χ3v) is 4.56. The van der Waals surface area contributed by atoms with E-state index in [-0.39, 0.29) is 11.6 Å². The average Bonchev–Trinajstić information content (AvgIpc) is 3.23. The summed E-state index contributed by atoms with van der Waals surface area (Å²) in [6.07, 6.45) is 2.37. The van der Waals surface area contributed by atoms with Crippen LogP contribution >= 0.6 is 0 Å². The van der Waals surface area contributed by atoms with Gasteiger partial charge < -0.3 is 10.1 Å². The number of carbonyl (C=O) groups excluding carboxylic acids is 2. The number of hydrogen-bond acceptors (Lipinski definition) is 6. The number of hydrogen-bond donors (Lipinski definition) is 1. The molecule has 3 heterocycles. The van der Waals surface area contributed by atoms with E-state index < -0.39 is 5.97 Å². The standard InChI is InChI=1S/C22H19N5O3/c1-3-16-12-19(21(28)24-15-8-6-7-14(11-15)22(29)30-2)25-20-13-18(26-27(16)20)17-9-4-5-10-23-17/h4-13H,3H2,1-2H3,(H,24,28). The summed E-state index contributed by atoms with van der Waals surface area (Å²) in [4.78, 5) is 33.3. The van der Waals surface area contributed by atoms with Crippen LogP contribution in [0.1, 0.15) is 33.5 Å². The first-order valence-corrected chi connectivity index (χ1v) is 9.40. The Morgan fingerprint density at radius 1 is 1.07 bits per heavy atom. The zero-order valence-corrected chi connectivity index (χ0v) is 16.5. The maximum atomic E-state index is 12.8. The number of anilines is 1. The summed E-state index contributed by atoms with van der Waals surface area (Å²) in [5, 5.41) is 7.37. The summed E-state index contributed by atoms with van der Waals surface area (Å²) in [7, 11) is 1.31. The zero-order chi connectivity index (χ0) is 21.1. The normalized spacial score (nSPS) is 10.7. The summed E-state index contributed by atoms with van der Waals surface area (Å²) < 4.78 is 6.44. The van der Waals surface area contributed by atoms with E-state index in [4.69, 9.17) is 4.74 Å². The number of ether oxygens (including phenoxy) is 1. The fraction of sp³-hybridized carbons (Fsp3) is 0.136. The Bertz CT molecular complexity index is 1230. The number of amides is 1. The van der Waals surface area contributed by atoms with Crippen LogP contribution in [0.15, 0.2) is 60.8 Å². The quantitative estimate of drug-likeness (QED) is 0.515. The van der Waals surface area contributed by atoms with E-state index in [0.717, 1.165) is 11.4 Å². The molecular weight excluding hydrogens is 382 g/mol. The van der Waals surface area contributed by atoms with Crippen LogP contribution in [0.4, 0.5) is 5.69 Å². The van der Waals surface area contributed by atoms with Gasteiger partial charge in [-0.1, -0.05) is 19.1 Å². The van der Waals surface area contributed by atoms with Crippen molar-refractivity contribution in [2.24, 2.45) is 0 Å². The third-order valence-electron chi connectivity index (χ3n) is 4.56. The number of nitrogens with zero attached hydrogens (tertiary/aromatic N) is 4. The van der Waals surface area contributed by atoms with Gasteiger partial charge in [0, 0.05) is 23.6 Å². The first-order chi connectivity index (χ1) is 14.6. The van der Waals surface area contributed by atoms with Gasteiger partial charge in [-0.3, -0.25) is 9.78 Å². The van der Waals surface area contributed by atoms with Crippen molar-refractivity contribution in [2.45, 2.75) is 13.3 Å². The molecule has 0 aliphatic carbocycles. The number of rotatable bonds is 5. The van der Waals surface area contributed by atoms with Gasteiger partial charge in [0.1, 0.15) is 11.4 Å². The number of benzene rings is 1. The number of fused-ring (bicyclic) bond motifs is 1. The first-order valence-electron chi connectivity index (χ1n) is 9.40. The maximum absolute atomic E-state index is 12.8. The number of methoxy groups -OCH3 is 1. The molecule has 4 rings (SSSR count). The Hall–Kier alpha value is -4.07. The van der Waals surface area contributed by atoms with Crippen LogP contribution < -0.4 is 5.32 Å². The van der Waals surface area contributed by atoms with E-state index in [0.29, 0.717) is 29.0 Å². The molecule has 150 valence electrons. The van der Waals surface area contributed by atoms with Crippen molar-refractivity contribution in [3.05, 3.63) is 77.7 Å². The summed E-state index contributed by atoms with van der Waals surface area (Å²) in [5.41, 5.74) is 3.90. The average molecular weight is 401 g/mol. The molecule has 0 fully saturated rings. The van der Waals surface area contributed by atoms with Crippen molar-refractivity contribution in [3.8, 4) is 11.4 Å². The van der Waals surface area contributed by atoms with Crippen molar-refractivity contribution >= 4 is 23.2 Å². The number of nitrogens with one attached hydrogen (secondary N) is 1. The maximum Gasteiger partial charge on any atom is 0.337 e. The molecule has 30 heavy (non-hydrogen) atoms. The molecule has 0 saturated heterocycles. The van der Waals surface area contributed by atoms with Crippen molar-refractivity contribution in [1.29, 1.82) is 0 Å².